The fourth-order valence-corrected chi connectivity index (χ4v) is 5.42. The molecule has 200 valence electrons. The van der Waals surface area contributed by atoms with Crippen LogP contribution in [0, 0.1) is 20.8 Å². The predicted molar refractivity (Wildman–Crippen MR) is 166 cm³/mol. The molecular weight excluding hydrogens is 504 g/mol. The Hall–Kier alpha value is -5.22. The zero-order chi connectivity index (χ0) is 28.3. The van der Waals surface area contributed by atoms with Gasteiger partial charge in [0.25, 0.3) is 0 Å². The van der Waals surface area contributed by atoms with E-state index in [9.17, 15) is 5.11 Å². The summed E-state index contributed by atoms with van der Waals surface area (Å²) in [5, 5.41) is 10.8. The van der Waals surface area contributed by atoms with Gasteiger partial charge in [0, 0.05) is 23.4 Å². The molecule has 1 N–H and O–H groups in total. The first kappa shape index (κ1) is 26.0. The highest BCUT2D eigenvalue weighted by Crippen LogP contribution is 2.38. The molecule has 0 saturated heterocycles. The lowest BCUT2D eigenvalue weighted by atomic mass is 9.91. The molecule has 0 aliphatic rings. The summed E-state index contributed by atoms with van der Waals surface area (Å²) in [5.74, 6) is 1.38. The number of pyridine rings is 2. The molecule has 4 heteroatoms. The van der Waals surface area contributed by atoms with E-state index in [0.29, 0.717) is 22.9 Å². The minimum absolute atomic E-state index is 0.192. The van der Waals surface area contributed by atoms with Crippen molar-refractivity contribution >= 4 is 0 Å². The zero-order valence-corrected chi connectivity index (χ0v) is 23.3. The number of benzene rings is 4. The van der Waals surface area contributed by atoms with E-state index in [2.05, 4.69) is 68.2 Å². The van der Waals surface area contributed by atoms with Gasteiger partial charge in [-0.3, -0.25) is 0 Å². The van der Waals surface area contributed by atoms with Crippen molar-refractivity contribution < 1.29 is 9.84 Å². The maximum atomic E-state index is 10.8. The van der Waals surface area contributed by atoms with Gasteiger partial charge in [-0.05, 0) is 103 Å². The van der Waals surface area contributed by atoms with Gasteiger partial charge in [-0.25, -0.2) is 9.97 Å². The maximum Gasteiger partial charge on any atom is 0.219 e. The van der Waals surface area contributed by atoms with Crippen molar-refractivity contribution in [2.24, 2.45) is 0 Å². The molecule has 2 heterocycles. The van der Waals surface area contributed by atoms with Gasteiger partial charge in [0.2, 0.25) is 5.88 Å². The summed E-state index contributed by atoms with van der Waals surface area (Å²) in [5.41, 5.74) is 11.0. The van der Waals surface area contributed by atoms with Gasteiger partial charge in [-0.1, -0.05) is 66.2 Å². The first-order chi connectivity index (χ1) is 19.9. The first-order valence-corrected chi connectivity index (χ1v) is 13.6. The quantitative estimate of drug-likeness (QED) is 0.231. The zero-order valence-electron chi connectivity index (χ0n) is 23.3. The highest BCUT2D eigenvalue weighted by atomic mass is 16.5. The fraction of sp³-hybridized carbons (Fsp3) is 0.0811. The lowest BCUT2D eigenvalue weighted by Gasteiger charge is -2.16. The Morgan fingerprint density at radius 2 is 1.27 bits per heavy atom. The largest absolute Gasteiger partial charge is 0.507 e. The number of nitrogens with zero attached hydrogens (tertiary/aromatic N) is 2. The molecule has 0 saturated carbocycles. The van der Waals surface area contributed by atoms with Gasteiger partial charge >= 0.3 is 0 Å². The number of rotatable bonds is 6. The summed E-state index contributed by atoms with van der Waals surface area (Å²) in [4.78, 5) is 9.45. The SMILES string of the molecule is Cc1cc(C)c(-c2cc(-c3cc(Oc4ccccn4)cc(-c4ccccc4)c3)nc(-c3ccccc3O)c2)c(C)c1. The number of phenolic OH excluding ortho intramolecular Hbond substituents is 1. The lowest BCUT2D eigenvalue weighted by Crippen LogP contribution is -1.96. The van der Waals surface area contributed by atoms with Crippen molar-refractivity contribution in [2.75, 3.05) is 0 Å². The summed E-state index contributed by atoms with van der Waals surface area (Å²) in [6, 6.07) is 37.9. The molecule has 6 rings (SSSR count). The molecule has 4 nitrogen and oxygen atoms in total. The van der Waals surface area contributed by atoms with Crippen LogP contribution in [0.4, 0.5) is 0 Å². The van der Waals surface area contributed by atoms with Crippen LogP contribution >= 0.6 is 0 Å². The molecule has 2 aromatic heterocycles. The van der Waals surface area contributed by atoms with Crippen molar-refractivity contribution in [1.82, 2.24) is 9.97 Å². The molecule has 0 radical (unpaired) electrons. The Bertz CT molecular complexity index is 1820. The first-order valence-electron chi connectivity index (χ1n) is 13.6. The normalized spacial score (nSPS) is 10.9. The lowest BCUT2D eigenvalue weighted by molar-refractivity contribution is 0.463. The number of aryl methyl sites for hydroxylation is 3. The third kappa shape index (κ3) is 5.59. The summed E-state index contributed by atoms with van der Waals surface area (Å²) >= 11 is 0. The number of aromatic nitrogens is 2. The third-order valence-electron chi connectivity index (χ3n) is 7.14. The predicted octanol–water partition coefficient (Wildman–Crippen LogP) is 9.57. The van der Waals surface area contributed by atoms with Gasteiger partial charge in [0.15, 0.2) is 0 Å². The van der Waals surface area contributed by atoms with E-state index in [1.165, 1.54) is 22.3 Å². The van der Waals surface area contributed by atoms with E-state index < -0.39 is 0 Å². The molecule has 0 atom stereocenters. The Morgan fingerprint density at radius 1 is 0.585 bits per heavy atom. The Morgan fingerprint density at radius 3 is 2.00 bits per heavy atom. The summed E-state index contributed by atoms with van der Waals surface area (Å²) in [6.07, 6.45) is 1.72. The molecule has 0 unspecified atom stereocenters. The standard InChI is InChI=1S/C37H30N2O2/c1-24-17-25(2)37(26(3)18-24)30-22-33(39-34(23-30)32-13-7-8-14-35(32)40)29-19-28(27-11-5-4-6-12-27)20-31(21-29)41-36-15-9-10-16-38-36/h4-23,40H,1-3H3. The monoisotopic (exact) mass is 534 g/mol. The van der Waals surface area contributed by atoms with E-state index in [1.54, 1.807) is 12.3 Å². The van der Waals surface area contributed by atoms with Crippen LogP contribution < -0.4 is 4.74 Å². The molecule has 0 bridgehead atoms. The number of ether oxygens (including phenoxy) is 1. The van der Waals surface area contributed by atoms with Gasteiger partial charge in [-0.2, -0.15) is 0 Å². The summed E-state index contributed by atoms with van der Waals surface area (Å²) in [7, 11) is 0. The number of phenols is 1. The Kier molecular flexibility index (Phi) is 7.05. The van der Waals surface area contributed by atoms with E-state index in [4.69, 9.17) is 9.72 Å². The molecule has 41 heavy (non-hydrogen) atoms. The topological polar surface area (TPSA) is 55.2 Å². The Balaban J connectivity index is 1.58. The highest BCUT2D eigenvalue weighted by Gasteiger charge is 2.16. The average molecular weight is 535 g/mol. The molecule has 0 amide bonds. The Labute approximate surface area is 240 Å². The molecule has 0 aliphatic heterocycles. The highest BCUT2D eigenvalue weighted by molar-refractivity contribution is 5.82. The van der Waals surface area contributed by atoms with Crippen molar-refractivity contribution in [2.45, 2.75) is 20.8 Å². The van der Waals surface area contributed by atoms with Crippen molar-refractivity contribution in [1.29, 1.82) is 0 Å². The number of aromatic hydroxyl groups is 1. The molecule has 0 spiro atoms. The summed E-state index contributed by atoms with van der Waals surface area (Å²) in [6.45, 7) is 6.40. The van der Waals surface area contributed by atoms with Crippen molar-refractivity contribution in [3.05, 3.63) is 138 Å². The minimum Gasteiger partial charge on any atom is -0.507 e. The van der Waals surface area contributed by atoms with Crippen molar-refractivity contribution in [3.8, 4) is 62.1 Å². The van der Waals surface area contributed by atoms with Gasteiger partial charge in [0.1, 0.15) is 11.5 Å². The van der Waals surface area contributed by atoms with E-state index in [1.807, 2.05) is 66.7 Å². The van der Waals surface area contributed by atoms with E-state index >= 15 is 0 Å². The van der Waals surface area contributed by atoms with E-state index in [-0.39, 0.29) is 5.75 Å². The molecule has 4 aromatic carbocycles. The minimum atomic E-state index is 0.192. The molecule has 0 fully saturated rings. The molecule has 6 aromatic rings. The van der Waals surface area contributed by atoms with Crippen molar-refractivity contribution in [3.63, 3.8) is 0 Å². The van der Waals surface area contributed by atoms with Gasteiger partial charge in [0.05, 0.1) is 11.4 Å². The van der Waals surface area contributed by atoms with Crippen LogP contribution in [0.3, 0.4) is 0 Å². The van der Waals surface area contributed by atoms with Crippen LogP contribution in [0.5, 0.6) is 17.4 Å². The molecule has 0 aliphatic carbocycles. The van der Waals surface area contributed by atoms with Gasteiger partial charge in [-0.15, -0.1) is 0 Å². The van der Waals surface area contributed by atoms with Crippen LogP contribution in [0.15, 0.2) is 121 Å². The fourth-order valence-electron chi connectivity index (χ4n) is 5.42. The van der Waals surface area contributed by atoms with Crippen LogP contribution in [0.2, 0.25) is 0 Å². The number of hydrogen-bond donors (Lipinski definition) is 1. The third-order valence-corrected chi connectivity index (χ3v) is 7.14. The van der Waals surface area contributed by atoms with Crippen LogP contribution in [0.1, 0.15) is 16.7 Å². The molecular formula is C37H30N2O2. The van der Waals surface area contributed by atoms with E-state index in [0.717, 1.165) is 27.9 Å². The number of para-hydroxylation sites is 1. The van der Waals surface area contributed by atoms with Gasteiger partial charge < -0.3 is 9.84 Å². The second-order valence-corrected chi connectivity index (χ2v) is 10.3. The summed E-state index contributed by atoms with van der Waals surface area (Å²) < 4.78 is 6.22. The maximum absolute atomic E-state index is 10.8. The van der Waals surface area contributed by atoms with Crippen LogP contribution in [-0.4, -0.2) is 15.1 Å². The average Bonchev–Trinajstić information content (AvgIpc) is 2.97. The second kappa shape index (κ2) is 11.1. The number of hydrogen-bond acceptors (Lipinski definition) is 4. The smallest absolute Gasteiger partial charge is 0.219 e. The second-order valence-electron chi connectivity index (χ2n) is 10.3. The van der Waals surface area contributed by atoms with Crippen LogP contribution in [-0.2, 0) is 0 Å². The van der Waals surface area contributed by atoms with Crippen LogP contribution in [0.25, 0.3) is 44.8 Å².